The standard InChI is InChI=1S/C16H22N4OS/c1-17-16-19-9-14(22-16)11-20-6-4-13(10-20)7-12-3-5-18-15(8-12)21-2/h3,5,8-9,13H,4,6-7,10-11H2,1-2H3,(H,17,19). The molecule has 0 aromatic carbocycles. The second-order valence-corrected chi connectivity index (χ2v) is 6.80. The molecule has 2 aromatic heterocycles. The highest BCUT2D eigenvalue weighted by atomic mass is 32.1. The van der Waals surface area contributed by atoms with E-state index in [1.54, 1.807) is 18.4 Å². The van der Waals surface area contributed by atoms with E-state index in [2.05, 4.69) is 26.3 Å². The summed E-state index contributed by atoms with van der Waals surface area (Å²) in [5.41, 5.74) is 1.31. The zero-order chi connectivity index (χ0) is 15.4. The first-order chi connectivity index (χ1) is 10.8. The van der Waals surface area contributed by atoms with Crippen molar-refractivity contribution in [3.8, 4) is 5.88 Å². The van der Waals surface area contributed by atoms with Crippen LogP contribution in [-0.4, -0.2) is 42.1 Å². The van der Waals surface area contributed by atoms with Crippen LogP contribution >= 0.6 is 11.3 Å². The molecule has 1 N–H and O–H groups in total. The smallest absolute Gasteiger partial charge is 0.213 e. The summed E-state index contributed by atoms with van der Waals surface area (Å²) in [4.78, 5) is 12.4. The quantitative estimate of drug-likeness (QED) is 0.887. The van der Waals surface area contributed by atoms with Gasteiger partial charge in [-0.2, -0.15) is 0 Å². The van der Waals surface area contributed by atoms with E-state index in [0.717, 1.165) is 24.6 Å². The van der Waals surface area contributed by atoms with Crippen LogP contribution in [0.5, 0.6) is 5.88 Å². The van der Waals surface area contributed by atoms with Crippen molar-refractivity contribution in [1.82, 2.24) is 14.9 Å². The van der Waals surface area contributed by atoms with Crippen molar-refractivity contribution in [2.24, 2.45) is 5.92 Å². The van der Waals surface area contributed by atoms with Crippen LogP contribution in [0.4, 0.5) is 5.13 Å². The topological polar surface area (TPSA) is 50.3 Å². The van der Waals surface area contributed by atoms with E-state index in [4.69, 9.17) is 4.74 Å². The molecule has 1 atom stereocenters. The Hall–Kier alpha value is -1.66. The first-order valence-corrected chi connectivity index (χ1v) is 8.42. The van der Waals surface area contributed by atoms with Gasteiger partial charge in [0.15, 0.2) is 5.13 Å². The predicted molar refractivity (Wildman–Crippen MR) is 89.5 cm³/mol. The van der Waals surface area contributed by atoms with Gasteiger partial charge in [-0.05, 0) is 36.9 Å². The van der Waals surface area contributed by atoms with Crippen molar-refractivity contribution < 1.29 is 4.74 Å². The van der Waals surface area contributed by atoms with Crippen molar-refractivity contribution in [2.45, 2.75) is 19.4 Å². The highest BCUT2D eigenvalue weighted by molar-refractivity contribution is 7.15. The van der Waals surface area contributed by atoms with Crippen LogP contribution in [0.15, 0.2) is 24.5 Å². The molecular weight excluding hydrogens is 296 g/mol. The Morgan fingerprint density at radius 1 is 1.45 bits per heavy atom. The van der Waals surface area contributed by atoms with Gasteiger partial charge in [0.05, 0.1) is 7.11 Å². The molecule has 118 valence electrons. The van der Waals surface area contributed by atoms with E-state index in [0.29, 0.717) is 11.8 Å². The minimum Gasteiger partial charge on any atom is -0.481 e. The number of methoxy groups -OCH3 is 1. The number of pyridine rings is 1. The van der Waals surface area contributed by atoms with E-state index in [9.17, 15) is 0 Å². The first-order valence-electron chi connectivity index (χ1n) is 7.60. The number of likely N-dealkylation sites (tertiary alicyclic amines) is 1. The zero-order valence-corrected chi connectivity index (χ0v) is 13.9. The lowest BCUT2D eigenvalue weighted by Gasteiger charge is -2.14. The Labute approximate surface area is 135 Å². The molecule has 1 aliphatic heterocycles. The van der Waals surface area contributed by atoms with Crippen molar-refractivity contribution in [1.29, 1.82) is 0 Å². The molecule has 22 heavy (non-hydrogen) atoms. The normalized spacial score (nSPS) is 18.5. The van der Waals surface area contributed by atoms with Crippen molar-refractivity contribution in [3.63, 3.8) is 0 Å². The monoisotopic (exact) mass is 318 g/mol. The Balaban J connectivity index is 1.53. The molecule has 0 amide bonds. The molecule has 1 saturated heterocycles. The Bertz CT molecular complexity index is 616. The SMILES string of the molecule is CNc1ncc(CN2CCC(Cc3ccnc(OC)c3)C2)s1. The maximum Gasteiger partial charge on any atom is 0.213 e. The van der Waals surface area contributed by atoms with E-state index in [1.807, 2.05) is 25.5 Å². The molecule has 6 heteroatoms. The third-order valence-electron chi connectivity index (χ3n) is 4.05. The maximum absolute atomic E-state index is 5.20. The minimum absolute atomic E-state index is 0.705. The van der Waals surface area contributed by atoms with Crippen LogP contribution in [0.25, 0.3) is 0 Å². The number of hydrogen-bond acceptors (Lipinski definition) is 6. The minimum atomic E-state index is 0.705. The Morgan fingerprint density at radius 2 is 2.36 bits per heavy atom. The predicted octanol–water partition coefficient (Wildman–Crippen LogP) is 2.65. The summed E-state index contributed by atoms with van der Waals surface area (Å²) in [6.45, 7) is 3.33. The molecule has 3 rings (SSSR count). The van der Waals surface area contributed by atoms with E-state index in [-0.39, 0.29) is 0 Å². The molecular formula is C16H22N4OS. The second kappa shape index (κ2) is 7.07. The largest absolute Gasteiger partial charge is 0.481 e. The summed E-state index contributed by atoms with van der Waals surface area (Å²) < 4.78 is 5.20. The first kappa shape index (κ1) is 15.2. The lowest BCUT2D eigenvalue weighted by molar-refractivity contribution is 0.319. The number of rotatable bonds is 6. The molecule has 5 nitrogen and oxygen atoms in total. The summed E-state index contributed by atoms with van der Waals surface area (Å²) in [7, 11) is 3.58. The van der Waals surface area contributed by atoms with Crippen LogP contribution in [-0.2, 0) is 13.0 Å². The average molecular weight is 318 g/mol. The van der Waals surface area contributed by atoms with Crippen molar-refractivity contribution in [2.75, 3.05) is 32.6 Å². The number of nitrogens with zero attached hydrogens (tertiary/aromatic N) is 3. The van der Waals surface area contributed by atoms with Gasteiger partial charge in [-0.25, -0.2) is 9.97 Å². The number of hydrogen-bond donors (Lipinski definition) is 1. The lowest BCUT2D eigenvalue weighted by Crippen LogP contribution is -2.20. The molecule has 2 aromatic rings. The van der Waals surface area contributed by atoms with E-state index in [1.165, 1.54) is 23.4 Å². The Kier molecular flexibility index (Phi) is 4.90. The molecule has 1 fully saturated rings. The molecule has 0 spiro atoms. The van der Waals surface area contributed by atoms with Crippen LogP contribution in [0.1, 0.15) is 16.9 Å². The number of nitrogens with one attached hydrogen (secondary N) is 1. The van der Waals surface area contributed by atoms with Crippen molar-refractivity contribution >= 4 is 16.5 Å². The fraction of sp³-hybridized carbons (Fsp3) is 0.500. The maximum atomic E-state index is 5.20. The van der Waals surface area contributed by atoms with E-state index < -0.39 is 0 Å². The average Bonchev–Trinajstić information content (AvgIpc) is 3.17. The van der Waals surface area contributed by atoms with Crippen molar-refractivity contribution in [3.05, 3.63) is 35.0 Å². The molecule has 1 aliphatic rings. The molecule has 3 heterocycles. The van der Waals surface area contributed by atoms with Gasteiger partial charge >= 0.3 is 0 Å². The van der Waals surface area contributed by atoms with Gasteiger partial charge < -0.3 is 10.1 Å². The van der Waals surface area contributed by atoms with E-state index >= 15 is 0 Å². The number of anilines is 1. The van der Waals surface area contributed by atoms with Gasteiger partial charge in [-0.1, -0.05) is 0 Å². The van der Waals surface area contributed by atoms with Gasteiger partial charge in [0.25, 0.3) is 0 Å². The van der Waals surface area contributed by atoms with Gasteiger partial charge in [-0.3, -0.25) is 4.90 Å². The summed E-state index contributed by atoms with van der Waals surface area (Å²) in [6, 6.07) is 4.14. The summed E-state index contributed by atoms with van der Waals surface area (Å²) in [5.74, 6) is 1.42. The van der Waals surface area contributed by atoms with Crippen LogP contribution in [0, 0.1) is 5.92 Å². The Morgan fingerprint density at radius 3 is 3.14 bits per heavy atom. The number of thiazole rings is 1. The molecule has 0 saturated carbocycles. The number of aromatic nitrogens is 2. The van der Waals surface area contributed by atoms with Crippen LogP contribution < -0.4 is 10.1 Å². The fourth-order valence-electron chi connectivity index (χ4n) is 2.96. The van der Waals surface area contributed by atoms with Crippen LogP contribution in [0.2, 0.25) is 0 Å². The van der Waals surface area contributed by atoms with Gasteiger partial charge in [-0.15, -0.1) is 11.3 Å². The highest BCUT2D eigenvalue weighted by Crippen LogP contribution is 2.25. The third-order valence-corrected chi connectivity index (χ3v) is 5.05. The van der Waals surface area contributed by atoms with Crippen LogP contribution in [0.3, 0.4) is 0 Å². The molecule has 0 radical (unpaired) electrons. The molecule has 0 bridgehead atoms. The number of ether oxygens (including phenoxy) is 1. The van der Waals surface area contributed by atoms with Gasteiger partial charge in [0.2, 0.25) is 5.88 Å². The summed E-state index contributed by atoms with van der Waals surface area (Å²) in [5, 5.41) is 4.09. The summed E-state index contributed by atoms with van der Waals surface area (Å²) >= 11 is 1.74. The molecule has 0 aliphatic carbocycles. The lowest BCUT2D eigenvalue weighted by atomic mass is 9.99. The fourth-order valence-corrected chi connectivity index (χ4v) is 3.77. The summed E-state index contributed by atoms with van der Waals surface area (Å²) in [6.07, 6.45) is 6.16. The van der Waals surface area contributed by atoms with Gasteiger partial charge in [0, 0.05) is 43.5 Å². The zero-order valence-electron chi connectivity index (χ0n) is 13.1. The molecule has 1 unspecified atom stereocenters. The highest BCUT2D eigenvalue weighted by Gasteiger charge is 2.23. The second-order valence-electron chi connectivity index (χ2n) is 5.68. The van der Waals surface area contributed by atoms with Gasteiger partial charge in [0.1, 0.15) is 0 Å². The third kappa shape index (κ3) is 3.75.